The molecule has 0 radical (unpaired) electrons. The molecule has 1 fully saturated rings. The van der Waals surface area contributed by atoms with Crippen molar-refractivity contribution in [2.45, 2.75) is 96.8 Å². The molecule has 0 saturated carbocycles. The fourth-order valence-electron chi connectivity index (χ4n) is 3.90. The highest BCUT2D eigenvalue weighted by Crippen LogP contribution is 2.28. The second-order valence-electron chi connectivity index (χ2n) is 8.25. The van der Waals surface area contributed by atoms with E-state index in [9.17, 15) is 13.2 Å². The van der Waals surface area contributed by atoms with Crippen LogP contribution in [0.1, 0.15) is 83.6 Å². The highest BCUT2D eigenvalue weighted by atomic mass is 19.2. The van der Waals surface area contributed by atoms with Gasteiger partial charge in [-0.3, -0.25) is 0 Å². The Morgan fingerprint density at radius 2 is 1.83 bits per heavy atom. The monoisotopic (exact) mass is 414 g/mol. The van der Waals surface area contributed by atoms with Crippen LogP contribution in [0.5, 0.6) is 5.75 Å². The summed E-state index contributed by atoms with van der Waals surface area (Å²) in [6.07, 6.45) is 9.27. The van der Waals surface area contributed by atoms with E-state index in [0.717, 1.165) is 32.1 Å². The summed E-state index contributed by atoms with van der Waals surface area (Å²) in [5.74, 6) is -2.09. The largest absolute Gasteiger partial charge is 0.490 e. The van der Waals surface area contributed by atoms with Gasteiger partial charge in [0.05, 0.1) is 19.3 Å². The Bertz CT molecular complexity index is 586. The third-order valence-corrected chi connectivity index (χ3v) is 5.87. The molecule has 0 N–H and O–H groups in total. The Kier molecular flexibility index (Phi) is 10.9. The Morgan fingerprint density at radius 1 is 1.03 bits per heavy atom. The van der Waals surface area contributed by atoms with Crippen LogP contribution < -0.4 is 4.74 Å². The van der Waals surface area contributed by atoms with Crippen LogP contribution in [-0.2, 0) is 11.2 Å². The second-order valence-corrected chi connectivity index (χ2v) is 8.25. The summed E-state index contributed by atoms with van der Waals surface area (Å²) < 4.78 is 53.9. The number of ether oxygens (including phenoxy) is 2. The van der Waals surface area contributed by atoms with Gasteiger partial charge in [-0.1, -0.05) is 52.0 Å². The number of rotatable bonds is 13. The van der Waals surface area contributed by atoms with E-state index >= 15 is 0 Å². The minimum Gasteiger partial charge on any atom is -0.490 e. The summed E-state index contributed by atoms with van der Waals surface area (Å²) in [4.78, 5) is 0. The number of hydrogen-bond donors (Lipinski definition) is 0. The summed E-state index contributed by atoms with van der Waals surface area (Å²) >= 11 is 0. The van der Waals surface area contributed by atoms with E-state index in [1.165, 1.54) is 31.7 Å². The van der Waals surface area contributed by atoms with Gasteiger partial charge in [-0.2, -0.15) is 4.39 Å². The van der Waals surface area contributed by atoms with E-state index in [1.807, 2.05) is 6.92 Å². The number of benzene rings is 1. The topological polar surface area (TPSA) is 18.5 Å². The minimum atomic E-state index is -1.05. The van der Waals surface area contributed by atoms with Crippen molar-refractivity contribution in [3.05, 3.63) is 29.3 Å². The number of hydrogen-bond acceptors (Lipinski definition) is 2. The summed E-state index contributed by atoms with van der Waals surface area (Å²) in [6, 6.07) is 3.01. The maximum Gasteiger partial charge on any atom is 0.200 e. The zero-order chi connectivity index (χ0) is 21.1. The number of halogens is 3. The number of aryl methyl sites for hydroxylation is 1. The Morgan fingerprint density at radius 3 is 2.52 bits per heavy atom. The fourth-order valence-corrected chi connectivity index (χ4v) is 3.90. The van der Waals surface area contributed by atoms with Crippen LogP contribution in [0.25, 0.3) is 0 Å². The Hall–Kier alpha value is -1.23. The minimum absolute atomic E-state index is 0.0305. The maximum absolute atomic E-state index is 14.5. The zero-order valence-electron chi connectivity index (χ0n) is 18.0. The Labute approximate surface area is 174 Å². The van der Waals surface area contributed by atoms with Crippen molar-refractivity contribution in [3.63, 3.8) is 0 Å². The van der Waals surface area contributed by atoms with Crippen molar-refractivity contribution in [1.29, 1.82) is 0 Å². The van der Waals surface area contributed by atoms with Crippen LogP contribution in [0.15, 0.2) is 12.1 Å². The first kappa shape index (κ1) is 24.0. The fraction of sp³-hybridized carbons (Fsp3) is 0.750. The molecular formula is C24H37F3O2. The standard InChI is InChI=1S/C24H37F3O2/c1-3-5-7-8-10-20-13-11-19(17-29-20)21(25)15-16-28-22-14-12-18(9-6-4-2)23(26)24(22)27/h12,14,19-21H,3-11,13,15-17H2,1-2H3. The lowest BCUT2D eigenvalue weighted by Gasteiger charge is -2.31. The highest BCUT2D eigenvalue weighted by Gasteiger charge is 2.28. The first-order valence-electron chi connectivity index (χ1n) is 11.4. The van der Waals surface area contributed by atoms with Crippen molar-refractivity contribution in [2.75, 3.05) is 13.2 Å². The smallest absolute Gasteiger partial charge is 0.200 e. The average molecular weight is 415 g/mol. The van der Waals surface area contributed by atoms with Crippen LogP contribution in [0.2, 0.25) is 0 Å². The van der Waals surface area contributed by atoms with Gasteiger partial charge in [0.2, 0.25) is 5.82 Å². The second kappa shape index (κ2) is 13.1. The van der Waals surface area contributed by atoms with Gasteiger partial charge in [0.25, 0.3) is 0 Å². The van der Waals surface area contributed by atoms with Crippen molar-refractivity contribution < 1.29 is 22.6 Å². The molecule has 166 valence electrons. The Balaban J connectivity index is 1.69. The van der Waals surface area contributed by atoms with Crippen LogP contribution in [-0.4, -0.2) is 25.5 Å². The third-order valence-electron chi connectivity index (χ3n) is 5.87. The molecule has 0 amide bonds. The van der Waals surface area contributed by atoms with Gasteiger partial charge in [-0.25, -0.2) is 8.78 Å². The van der Waals surface area contributed by atoms with Crippen LogP contribution in [0.3, 0.4) is 0 Å². The van der Waals surface area contributed by atoms with E-state index in [4.69, 9.17) is 9.47 Å². The first-order valence-corrected chi connectivity index (χ1v) is 11.4. The molecule has 1 saturated heterocycles. The predicted octanol–water partition coefficient (Wildman–Crippen LogP) is 7.18. The zero-order valence-corrected chi connectivity index (χ0v) is 18.0. The SMILES string of the molecule is CCCCCCC1CCC(C(F)CCOc2ccc(CCCC)c(F)c2F)CO1. The predicted molar refractivity (Wildman–Crippen MR) is 111 cm³/mol. The van der Waals surface area contributed by atoms with Crippen molar-refractivity contribution in [3.8, 4) is 5.75 Å². The molecule has 1 aromatic carbocycles. The molecule has 1 aliphatic rings. The van der Waals surface area contributed by atoms with Crippen LogP contribution >= 0.6 is 0 Å². The number of unbranched alkanes of at least 4 members (excludes halogenated alkanes) is 4. The molecule has 2 rings (SSSR count). The molecule has 29 heavy (non-hydrogen) atoms. The summed E-state index contributed by atoms with van der Waals surface area (Å²) in [6.45, 7) is 4.67. The van der Waals surface area contributed by atoms with E-state index in [1.54, 1.807) is 6.07 Å². The van der Waals surface area contributed by atoms with Crippen molar-refractivity contribution in [1.82, 2.24) is 0 Å². The van der Waals surface area contributed by atoms with Crippen molar-refractivity contribution >= 4 is 0 Å². The molecule has 1 aliphatic heterocycles. The molecule has 0 aliphatic carbocycles. The lowest BCUT2D eigenvalue weighted by atomic mass is 9.91. The molecule has 0 bridgehead atoms. The first-order chi connectivity index (χ1) is 14.1. The number of alkyl halides is 1. The highest BCUT2D eigenvalue weighted by molar-refractivity contribution is 5.31. The third kappa shape index (κ3) is 7.84. The molecule has 1 aromatic rings. The molecule has 1 heterocycles. The van der Waals surface area contributed by atoms with Gasteiger partial charge in [-0.05, 0) is 43.7 Å². The average Bonchev–Trinajstić information content (AvgIpc) is 2.74. The maximum atomic E-state index is 14.5. The molecular weight excluding hydrogens is 377 g/mol. The molecule has 0 spiro atoms. The quantitative estimate of drug-likeness (QED) is 0.318. The molecule has 3 atom stereocenters. The van der Waals surface area contributed by atoms with E-state index in [2.05, 4.69) is 6.92 Å². The van der Waals surface area contributed by atoms with E-state index < -0.39 is 17.8 Å². The van der Waals surface area contributed by atoms with E-state index in [0.29, 0.717) is 18.6 Å². The lowest BCUT2D eigenvalue weighted by Crippen LogP contribution is -2.32. The summed E-state index contributed by atoms with van der Waals surface area (Å²) in [5.41, 5.74) is 0.365. The van der Waals surface area contributed by atoms with Crippen LogP contribution in [0.4, 0.5) is 13.2 Å². The van der Waals surface area contributed by atoms with Crippen LogP contribution in [0, 0.1) is 17.6 Å². The van der Waals surface area contributed by atoms with Gasteiger partial charge in [0.1, 0.15) is 6.17 Å². The normalized spacial score (nSPS) is 20.6. The summed E-state index contributed by atoms with van der Waals surface area (Å²) in [7, 11) is 0. The molecule has 3 unspecified atom stereocenters. The van der Waals surface area contributed by atoms with Gasteiger partial charge in [-0.15, -0.1) is 0 Å². The van der Waals surface area contributed by atoms with Gasteiger partial charge < -0.3 is 9.47 Å². The lowest BCUT2D eigenvalue weighted by molar-refractivity contribution is -0.0440. The van der Waals surface area contributed by atoms with E-state index in [-0.39, 0.29) is 30.8 Å². The summed E-state index contributed by atoms with van der Waals surface area (Å²) in [5, 5.41) is 0. The van der Waals surface area contributed by atoms with Gasteiger partial charge in [0, 0.05) is 12.3 Å². The molecule has 5 heteroatoms. The molecule has 2 nitrogen and oxygen atoms in total. The van der Waals surface area contributed by atoms with Gasteiger partial charge in [0.15, 0.2) is 11.6 Å². The molecule has 0 aromatic heterocycles. The van der Waals surface area contributed by atoms with Crippen molar-refractivity contribution in [2.24, 2.45) is 5.92 Å². The van der Waals surface area contributed by atoms with Gasteiger partial charge >= 0.3 is 0 Å².